The fraction of sp³-hybridized carbons (Fsp3) is 0.278. The summed E-state index contributed by atoms with van der Waals surface area (Å²) < 4.78 is 0. The zero-order valence-corrected chi connectivity index (χ0v) is 13.5. The van der Waals surface area contributed by atoms with E-state index in [1.807, 2.05) is 36.1 Å². The van der Waals surface area contributed by atoms with Gasteiger partial charge in [0.2, 0.25) is 0 Å². The Morgan fingerprint density at radius 1 is 1.23 bits per heavy atom. The molecule has 1 atom stereocenters. The second kappa shape index (κ2) is 6.01. The molecule has 1 aliphatic heterocycles. The van der Waals surface area contributed by atoms with Crippen molar-refractivity contribution in [1.82, 2.24) is 4.90 Å². The molecular weight excluding hydrogens is 296 g/mol. The molecule has 0 radical (unpaired) electrons. The van der Waals surface area contributed by atoms with Gasteiger partial charge in [0.15, 0.2) is 0 Å². The van der Waals surface area contributed by atoms with Gasteiger partial charge in [-0.3, -0.25) is 0 Å². The van der Waals surface area contributed by atoms with Crippen molar-refractivity contribution >= 4 is 23.3 Å². The van der Waals surface area contributed by atoms with E-state index >= 15 is 0 Å². The quantitative estimate of drug-likeness (QED) is 0.805. The number of carbonyl (C=O) groups excluding carboxylic acids is 1. The molecule has 3 rings (SSSR count). The van der Waals surface area contributed by atoms with Gasteiger partial charge in [0, 0.05) is 6.54 Å². The lowest BCUT2D eigenvalue weighted by molar-refractivity contribution is 0.188. The van der Waals surface area contributed by atoms with E-state index in [-0.39, 0.29) is 12.1 Å². The number of nitrogens with one attached hydrogen (secondary N) is 1. The maximum atomic E-state index is 12.6. The summed E-state index contributed by atoms with van der Waals surface area (Å²) in [5.74, 6) is 0. The van der Waals surface area contributed by atoms with Crippen molar-refractivity contribution in [3.05, 3.63) is 64.2 Å². The van der Waals surface area contributed by atoms with Gasteiger partial charge < -0.3 is 10.2 Å². The van der Waals surface area contributed by atoms with E-state index in [0.717, 1.165) is 12.0 Å². The Labute approximate surface area is 135 Å². The number of hydrogen-bond donors (Lipinski definition) is 1. The predicted molar refractivity (Wildman–Crippen MR) is 90.5 cm³/mol. The molecule has 0 saturated carbocycles. The fourth-order valence-electron chi connectivity index (χ4n) is 3.02. The third-order valence-electron chi connectivity index (χ3n) is 4.31. The normalized spacial score (nSPS) is 17.0. The molecule has 0 saturated heterocycles. The highest BCUT2D eigenvalue weighted by Crippen LogP contribution is 2.31. The zero-order valence-electron chi connectivity index (χ0n) is 12.8. The van der Waals surface area contributed by atoms with Gasteiger partial charge in [0.05, 0.1) is 16.8 Å². The number of aryl methyl sites for hydroxylation is 1. The van der Waals surface area contributed by atoms with Crippen molar-refractivity contribution in [2.45, 2.75) is 26.3 Å². The second-order valence-electron chi connectivity index (χ2n) is 5.68. The van der Waals surface area contributed by atoms with Gasteiger partial charge in [0.25, 0.3) is 0 Å². The van der Waals surface area contributed by atoms with Gasteiger partial charge in [-0.05, 0) is 43.0 Å². The molecule has 4 heteroatoms. The Morgan fingerprint density at radius 3 is 2.77 bits per heavy atom. The van der Waals surface area contributed by atoms with Crippen LogP contribution in [-0.2, 0) is 6.42 Å². The standard InChI is InChI=1S/C18H19ClN2O/c1-12-6-5-9-16(19)17(12)20-18(22)21-11-10-14-7-3-4-8-15(14)13(21)2/h3-9,13H,10-11H2,1-2H3,(H,20,22). The highest BCUT2D eigenvalue weighted by Gasteiger charge is 2.27. The van der Waals surface area contributed by atoms with Crippen LogP contribution in [0.4, 0.5) is 10.5 Å². The van der Waals surface area contributed by atoms with E-state index in [9.17, 15) is 4.79 Å². The molecule has 1 N–H and O–H groups in total. The molecule has 22 heavy (non-hydrogen) atoms. The molecule has 0 fully saturated rings. The van der Waals surface area contributed by atoms with Crippen LogP contribution in [0.25, 0.3) is 0 Å². The number of benzene rings is 2. The van der Waals surface area contributed by atoms with E-state index < -0.39 is 0 Å². The first-order valence-electron chi connectivity index (χ1n) is 7.48. The lowest BCUT2D eigenvalue weighted by Gasteiger charge is -2.35. The minimum Gasteiger partial charge on any atom is -0.317 e. The van der Waals surface area contributed by atoms with Crippen LogP contribution in [0.5, 0.6) is 0 Å². The number of rotatable bonds is 1. The Balaban J connectivity index is 1.82. The summed E-state index contributed by atoms with van der Waals surface area (Å²) in [6, 6.07) is 13.9. The SMILES string of the molecule is Cc1cccc(Cl)c1NC(=O)N1CCc2ccccc2C1C. The molecule has 1 aliphatic rings. The number of halogens is 1. The average Bonchev–Trinajstić information content (AvgIpc) is 2.51. The van der Waals surface area contributed by atoms with Crippen molar-refractivity contribution in [3.63, 3.8) is 0 Å². The zero-order chi connectivity index (χ0) is 15.7. The van der Waals surface area contributed by atoms with Crippen molar-refractivity contribution in [3.8, 4) is 0 Å². The first-order valence-corrected chi connectivity index (χ1v) is 7.86. The average molecular weight is 315 g/mol. The molecule has 114 valence electrons. The summed E-state index contributed by atoms with van der Waals surface area (Å²) in [4.78, 5) is 14.5. The van der Waals surface area contributed by atoms with E-state index in [4.69, 9.17) is 11.6 Å². The highest BCUT2D eigenvalue weighted by molar-refractivity contribution is 6.33. The molecule has 2 aromatic carbocycles. The minimum absolute atomic E-state index is 0.0627. The van der Waals surface area contributed by atoms with Crippen LogP contribution in [0, 0.1) is 6.92 Å². The summed E-state index contributed by atoms with van der Waals surface area (Å²) in [5.41, 5.74) is 4.21. The highest BCUT2D eigenvalue weighted by atomic mass is 35.5. The van der Waals surface area contributed by atoms with Crippen LogP contribution in [0.3, 0.4) is 0 Å². The third-order valence-corrected chi connectivity index (χ3v) is 4.62. The van der Waals surface area contributed by atoms with Gasteiger partial charge in [-0.2, -0.15) is 0 Å². The van der Waals surface area contributed by atoms with Crippen molar-refractivity contribution < 1.29 is 4.79 Å². The van der Waals surface area contributed by atoms with Crippen LogP contribution in [0.2, 0.25) is 5.02 Å². The predicted octanol–water partition coefficient (Wildman–Crippen LogP) is 4.80. The van der Waals surface area contributed by atoms with E-state index in [0.29, 0.717) is 17.3 Å². The number of para-hydroxylation sites is 1. The minimum atomic E-state index is -0.0989. The molecule has 0 spiro atoms. The molecule has 0 aliphatic carbocycles. The topological polar surface area (TPSA) is 32.3 Å². The fourth-order valence-corrected chi connectivity index (χ4v) is 3.29. The molecule has 2 aromatic rings. The van der Waals surface area contributed by atoms with E-state index in [2.05, 4.69) is 24.4 Å². The number of fused-ring (bicyclic) bond motifs is 1. The van der Waals surface area contributed by atoms with Crippen molar-refractivity contribution in [1.29, 1.82) is 0 Å². The smallest absolute Gasteiger partial charge is 0.317 e. The number of nitrogens with zero attached hydrogens (tertiary/aromatic N) is 1. The maximum absolute atomic E-state index is 12.6. The number of carbonyl (C=O) groups is 1. The van der Waals surface area contributed by atoms with Crippen LogP contribution in [0.1, 0.15) is 29.7 Å². The first-order chi connectivity index (χ1) is 10.6. The summed E-state index contributed by atoms with van der Waals surface area (Å²) in [6.07, 6.45) is 0.884. The number of urea groups is 1. The molecule has 0 aromatic heterocycles. The van der Waals surface area contributed by atoms with Gasteiger partial charge in [-0.15, -0.1) is 0 Å². The molecule has 2 amide bonds. The maximum Gasteiger partial charge on any atom is 0.322 e. The summed E-state index contributed by atoms with van der Waals surface area (Å²) in [5, 5.41) is 3.53. The monoisotopic (exact) mass is 314 g/mol. The number of hydrogen-bond acceptors (Lipinski definition) is 1. The van der Waals surface area contributed by atoms with Gasteiger partial charge in [0.1, 0.15) is 0 Å². The molecule has 0 bridgehead atoms. The molecule has 1 unspecified atom stereocenters. The lowest BCUT2D eigenvalue weighted by atomic mass is 9.94. The summed E-state index contributed by atoms with van der Waals surface area (Å²) in [7, 11) is 0. The first kappa shape index (κ1) is 14.9. The van der Waals surface area contributed by atoms with Gasteiger partial charge in [-0.25, -0.2) is 4.79 Å². The molecule has 3 nitrogen and oxygen atoms in total. The Kier molecular flexibility index (Phi) is 4.08. The second-order valence-corrected chi connectivity index (χ2v) is 6.09. The summed E-state index contributed by atoms with van der Waals surface area (Å²) >= 11 is 6.20. The van der Waals surface area contributed by atoms with Crippen LogP contribution >= 0.6 is 11.6 Å². The van der Waals surface area contributed by atoms with Crippen LogP contribution in [0.15, 0.2) is 42.5 Å². The van der Waals surface area contributed by atoms with Crippen LogP contribution < -0.4 is 5.32 Å². The Bertz CT molecular complexity index is 694. The molecule has 1 heterocycles. The Hall–Kier alpha value is -2.00. The van der Waals surface area contributed by atoms with Gasteiger partial charge >= 0.3 is 6.03 Å². The lowest BCUT2D eigenvalue weighted by Crippen LogP contribution is -2.41. The number of anilines is 1. The van der Waals surface area contributed by atoms with Crippen molar-refractivity contribution in [2.75, 3.05) is 11.9 Å². The van der Waals surface area contributed by atoms with E-state index in [1.54, 1.807) is 6.07 Å². The number of amides is 2. The Morgan fingerprint density at radius 2 is 2.00 bits per heavy atom. The van der Waals surface area contributed by atoms with E-state index in [1.165, 1.54) is 11.1 Å². The van der Waals surface area contributed by atoms with Gasteiger partial charge in [-0.1, -0.05) is 48.0 Å². The summed E-state index contributed by atoms with van der Waals surface area (Å²) in [6.45, 7) is 4.72. The largest absolute Gasteiger partial charge is 0.322 e. The van der Waals surface area contributed by atoms with Crippen molar-refractivity contribution in [2.24, 2.45) is 0 Å². The van der Waals surface area contributed by atoms with Crippen LogP contribution in [-0.4, -0.2) is 17.5 Å². The third kappa shape index (κ3) is 2.69. The molecular formula is C18H19ClN2O.